The van der Waals surface area contributed by atoms with Crippen LogP contribution >= 0.6 is 11.3 Å². The summed E-state index contributed by atoms with van der Waals surface area (Å²) in [4.78, 5) is 4.29. The van der Waals surface area contributed by atoms with Gasteiger partial charge in [0, 0.05) is 24.0 Å². The molecule has 90 valence electrons. The van der Waals surface area contributed by atoms with Gasteiger partial charge in [0.25, 0.3) is 0 Å². The first kappa shape index (κ1) is 12.9. The van der Waals surface area contributed by atoms with Crippen LogP contribution in [0.3, 0.4) is 0 Å². The molecule has 0 radical (unpaired) electrons. The van der Waals surface area contributed by atoms with Gasteiger partial charge in [0.05, 0.1) is 5.54 Å². The van der Waals surface area contributed by atoms with E-state index in [1.54, 1.807) is 17.5 Å². The highest BCUT2D eigenvalue weighted by Gasteiger charge is 2.25. The van der Waals surface area contributed by atoms with Gasteiger partial charge in [-0.15, -0.1) is 11.3 Å². The van der Waals surface area contributed by atoms with E-state index < -0.39 is 0 Å². The Morgan fingerprint density at radius 1 is 1.75 bits per heavy atom. The number of nitrogens with two attached hydrogens (primary N) is 1. The summed E-state index contributed by atoms with van der Waals surface area (Å²) >= 11 is 1.61. The van der Waals surface area contributed by atoms with Gasteiger partial charge in [0.15, 0.2) is 0 Å². The van der Waals surface area contributed by atoms with Crippen LogP contribution in [0.25, 0.3) is 0 Å². The van der Waals surface area contributed by atoms with Crippen LogP contribution in [0.4, 0.5) is 0 Å². The molecule has 0 aliphatic rings. The van der Waals surface area contributed by atoms with Gasteiger partial charge in [-0.2, -0.15) is 0 Å². The molecule has 0 aliphatic carbocycles. The summed E-state index contributed by atoms with van der Waals surface area (Å²) in [6.45, 7) is 6.12. The minimum Gasteiger partial charge on any atom is -0.409 e. The number of thiazole rings is 1. The number of amidine groups is 1. The molecule has 0 spiro atoms. The number of nitrogens with one attached hydrogen (secondary N) is 1. The Bertz CT molecular complexity index is 348. The monoisotopic (exact) mass is 242 g/mol. The Balaban J connectivity index is 2.59. The second-order valence-electron chi connectivity index (χ2n) is 4.30. The van der Waals surface area contributed by atoms with Crippen LogP contribution in [-0.4, -0.2) is 22.1 Å². The molecular formula is C10H18N4OS. The van der Waals surface area contributed by atoms with E-state index in [0.29, 0.717) is 6.42 Å². The molecule has 1 aromatic rings. The van der Waals surface area contributed by atoms with Crippen molar-refractivity contribution < 1.29 is 5.21 Å². The summed E-state index contributed by atoms with van der Waals surface area (Å²) in [5, 5.41) is 17.8. The predicted molar refractivity (Wildman–Crippen MR) is 65.8 cm³/mol. The second kappa shape index (κ2) is 5.27. The van der Waals surface area contributed by atoms with Gasteiger partial charge in [0.1, 0.15) is 10.8 Å². The lowest BCUT2D eigenvalue weighted by Gasteiger charge is -2.28. The lowest BCUT2D eigenvalue weighted by Crippen LogP contribution is -2.43. The lowest BCUT2D eigenvalue weighted by atomic mass is 10.0. The fourth-order valence-corrected chi connectivity index (χ4v) is 2.34. The van der Waals surface area contributed by atoms with Crippen LogP contribution in [0.5, 0.6) is 0 Å². The van der Waals surface area contributed by atoms with Crippen molar-refractivity contribution in [3.8, 4) is 0 Å². The maximum absolute atomic E-state index is 8.49. The average Bonchev–Trinajstić information content (AvgIpc) is 2.69. The minimum absolute atomic E-state index is 0.120. The van der Waals surface area contributed by atoms with Gasteiger partial charge >= 0.3 is 0 Å². The molecule has 4 N–H and O–H groups in total. The largest absolute Gasteiger partial charge is 0.409 e. The van der Waals surface area contributed by atoms with Crippen LogP contribution in [-0.2, 0) is 5.54 Å². The standard InChI is InChI=1S/C10H18N4OS/c1-7(6-8(11)14-15)13-10(2,3)9-12-4-5-16-9/h4-5,7,13,15H,6H2,1-3H3,(H2,11,14). The van der Waals surface area contributed by atoms with Crippen molar-refractivity contribution in [2.24, 2.45) is 10.9 Å². The summed E-state index contributed by atoms with van der Waals surface area (Å²) in [6.07, 6.45) is 2.29. The normalized spacial score (nSPS) is 15.1. The van der Waals surface area contributed by atoms with Crippen LogP contribution in [0.1, 0.15) is 32.2 Å². The van der Waals surface area contributed by atoms with E-state index in [1.165, 1.54) is 0 Å². The highest BCUT2D eigenvalue weighted by Crippen LogP contribution is 2.22. The Hall–Kier alpha value is -1.14. The first-order valence-corrected chi connectivity index (χ1v) is 5.97. The molecule has 1 heterocycles. The van der Waals surface area contributed by atoms with E-state index in [2.05, 4.69) is 29.3 Å². The third kappa shape index (κ3) is 3.46. The highest BCUT2D eigenvalue weighted by molar-refractivity contribution is 7.09. The fraction of sp³-hybridized carbons (Fsp3) is 0.600. The maximum Gasteiger partial charge on any atom is 0.140 e. The molecule has 0 aromatic carbocycles. The zero-order valence-corrected chi connectivity index (χ0v) is 10.6. The molecule has 1 rings (SSSR count). The van der Waals surface area contributed by atoms with Crippen LogP contribution in [0, 0.1) is 0 Å². The number of oxime groups is 1. The molecule has 6 heteroatoms. The lowest BCUT2D eigenvalue weighted by molar-refractivity contribution is 0.312. The first-order valence-electron chi connectivity index (χ1n) is 5.10. The fourth-order valence-electron chi connectivity index (χ4n) is 1.62. The molecule has 1 atom stereocenters. The molecule has 1 unspecified atom stereocenters. The van der Waals surface area contributed by atoms with E-state index >= 15 is 0 Å². The number of rotatable bonds is 5. The van der Waals surface area contributed by atoms with E-state index in [9.17, 15) is 0 Å². The van der Waals surface area contributed by atoms with Gasteiger partial charge in [0.2, 0.25) is 0 Å². The molecule has 5 nitrogen and oxygen atoms in total. The van der Waals surface area contributed by atoms with E-state index in [-0.39, 0.29) is 17.4 Å². The van der Waals surface area contributed by atoms with Gasteiger partial charge in [-0.05, 0) is 20.8 Å². The van der Waals surface area contributed by atoms with Crippen molar-refractivity contribution in [2.45, 2.75) is 38.8 Å². The molecule has 0 aliphatic heterocycles. The van der Waals surface area contributed by atoms with Gasteiger partial charge in [-0.3, -0.25) is 0 Å². The van der Waals surface area contributed by atoms with Crippen LogP contribution < -0.4 is 11.1 Å². The summed E-state index contributed by atoms with van der Waals surface area (Å²) in [7, 11) is 0. The Labute approximate surface area is 99.4 Å². The van der Waals surface area contributed by atoms with Crippen LogP contribution in [0.2, 0.25) is 0 Å². The molecule has 0 amide bonds. The van der Waals surface area contributed by atoms with Crippen molar-refractivity contribution in [2.75, 3.05) is 0 Å². The van der Waals surface area contributed by atoms with Crippen molar-refractivity contribution >= 4 is 17.2 Å². The van der Waals surface area contributed by atoms with Gasteiger partial charge in [-0.1, -0.05) is 5.16 Å². The summed E-state index contributed by atoms with van der Waals surface area (Å²) in [6, 6.07) is 0.120. The molecule has 0 saturated heterocycles. The van der Waals surface area contributed by atoms with E-state index in [1.807, 2.05) is 12.3 Å². The number of nitrogens with zero attached hydrogens (tertiary/aromatic N) is 2. The Morgan fingerprint density at radius 2 is 2.44 bits per heavy atom. The number of hydrogen-bond acceptors (Lipinski definition) is 5. The van der Waals surface area contributed by atoms with E-state index in [4.69, 9.17) is 10.9 Å². The molecule has 16 heavy (non-hydrogen) atoms. The number of hydrogen-bond donors (Lipinski definition) is 3. The second-order valence-corrected chi connectivity index (χ2v) is 5.20. The highest BCUT2D eigenvalue weighted by atomic mass is 32.1. The smallest absolute Gasteiger partial charge is 0.140 e. The van der Waals surface area contributed by atoms with Crippen molar-refractivity contribution in [3.05, 3.63) is 16.6 Å². The summed E-state index contributed by atoms with van der Waals surface area (Å²) in [5.41, 5.74) is 5.25. The van der Waals surface area contributed by atoms with Crippen LogP contribution in [0.15, 0.2) is 16.7 Å². The predicted octanol–water partition coefficient (Wildman–Crippen LogP) is 1.49. The quantitative estimate of drug-likeness (QED) is 0.316. The maximum atomic E-state index is 8.49. The molecule has 0 saturated carbocycles. The summed E-state index contributed by atoms with van der Waals surface area (Å²) in [5.74, 6) is 0.231. The van der Waals surface area contributed by atoms with Gasteiger partial charge in [-0.25, -0.2) is 4.98 Å². The molecular weight excluding hydrogens is 224 g/mol. The molecule has 0 bridgehead atoms. The Kier molecular flexibility index (Phi) is 4.26. The minimum atomic E-state index is -0.205. The SMILES string of the molecule is CC(C/C(N)=N/O)NC(C)(C)c1nccs1. The third-order valence-electron chi connectivity index (χ3n) is 2.22. The topological polar surface area (TPSA) is 83.5 Å². The number of aromatic nitrogens is 1. The third-order valence-corrected chi connectivity index (χ3v) is 3.31. The zero-order valence-electron chi connectivity index (χ0n) is 9.77. The summed E-state index contributed by atoms with van der Waals surface area (Å²) < 4.78 is 0. The van der Waals surface area contributed by atoms with Gasteiger partial charge < -0.3 is 16.3 Å². The first-order chi connectivity index (χ1) is 7.45. The average molecular weight is 242 g/mol. The molecule has 1 aromatic heterocycles. The zero-order chi connectivity index (χ0) is 12.2. The Morgan fingerprint density at radius 3 is 2.94 bits per heavy atom. The van der Waals surface area contributed by atoms with Crippen molar-refractivity contribution in [1.29, 1.82) is 0 Å². The van der Waals surface area contributed by atoms with Crippen molar-refractivity contribution in [3.63, 3.8) is 0 Å². The van der Waals surface area contributed by atoms with Crippen molar-refractivity contribution in [1.82, 2.24) is 10.3 Å². The van der Waals surface area contributed by atoms with E-state index in [0.717, 1.165) is 5.01 Å². The molecule has 0 fully saturated rings.